The number of allylic oxidation sites excluding steroid dienone is 1. The molecule has 1 heterocycles. The van der Waals surface area contributed by atoms with Gasteiger partial charge in [-0.15, -0.1) is 0 Å². The number of anilines is 2. The molecule has 0 bridgehead atoms. The van der Waals surface area contributed by atoms with Crippen LogP contribution >= 0.6 is 0 Å². The van der Waals surface area contributed by atoms with Crippen LogP contribution in [0.3, 0.4) is 0 Å². The van der Waals surface area contributed by atoms with E-state index < -0.39 is 0 Å². The number of phenols is 1. The Balaban J connectivity index is 1.63. The Morgan fingerprint density at radius 2 is 1.52 bits per heavy atom. The molecule has 2 aliphatic rings. The number of rotatable bonds is 2. The second-order valence-corrected chi connectivity index (χ2v) is 7.67. The summed E-state index contributed by atoms with van der Waals surface area (Å²) in [6.45, 7) is 0. The Kier molecular flexibility index (Phi) is 4.32. The van der Waals surface area contributed by atoms with Crippen LogP contribution < -0.4 is 10.6 Å². The number of ketones is 1. The number of Topliss-reactive ketones (excluding diaryl/α,β-unsaturated/α-hetero) is 1. The second kappa shape index (κ2) is 7.13. The number of aromatic hydroxyl groups is 1. The van der Waals surface area contributed by atoms with E-state index >= 15 is 0 Å². The van der Waals surface area contributed by atoms with E-state index in [1.165, 1.54) is 5.56 Å². The third-order valence-corrected chi connectivity index (χ3v) is 5.78. The van der Waals surface area contributed by atoms with E-state index in [-0.39, 0.29) is 23.5 Å². The minimum atomic E-state index is -0.308. The summed E-state index contributed by atoms with van der Waals surface area (Å²) in [4.78, 5) is 13.4. The number of carbonyl (C=O) groups excluding carboxylic acids is 1. The van der Waals surface area contributed by atoms with Crippen LogP contribution in [0.2, 0.25) is 0 Å². The molecular formula is C25H22N2O2. The first-order valence-corrected chi connectivity index (χ1v) is 9.92. The Morgan fingerprint density at radius 3 is 2.31 bits per heavy atom. The molecular weight excluding hydrogens is 360 g/mol. The standard InChI is InChI=1S/C25H22N2O2/c28-19-10-6-9-17(13-19)25-24-22(26-20-11-4-5-12-21(20)27-25)14-18(15-23(24)29)16-7-2-1-3-8-16/h1-13,18,25-28H,14-15H2. The number of nitrogens with one attached hydrogen (secondary N) is 2. The van der Waals surface area contributed by atoms with Crippen molar-refractivity contribution in [2.24, 2.45) is 0 Å². The smallest absolute Gasteiger partial charge is 0.163 e. The van der Waals surface area contributed by atoms with Crippen LogP contribution in [-0.4, -0.2) is 10.9 Å². The molecule has 0 amide bonds. The molecule has 0 saturated heterocycles. The van der Waals surface area contributed by atoms with Crippen molar-refractivity contribution in [1.82, 2.24) is 0 Å². The number of carbonyl (C=O) groups is 1. The van der Waals surface area contributed by atoms with Crippen molar-refractivity contribution in [3.63, 3.8) is 0 Å². The average Bonchev–Trinajstić information content (AvgIpc) is 2.91. The number of fused-ring (bicyclic) bond motifs is 1. The maximum atomic E-state index is 13.4. The third-order valence-electron chi connectivity index (χ3n) is 5.78. The molecule has 0 spiro atoms. The van der Waals surface area contributed by atoms with Crippen molar-refractivity contribution in [2.45, 2.75) is 24.8 Å². The van der Waals surface area contributed by atoms with Gasteiger partial charge < -0.3 is 15.7 Å². The Labute approximate surface area is 169 Å². The highest BCUT2D eigenvalue weighted by atomic mass is 16.3. The zero-order chi connectivity index (χ0) is 19.8. The van der Waals surface area contributed by atoms with Crippen molar-refractivity contribution in [3.8, 4) is 5.75 Å². The van der Waals surface area contributed by atoms with Crippen LogP contribution in [0.15, 0.2) is 90.1 Å². The summed E-state index contributed by atoms with van der Waals surface area (Å²) in [5.74, 6) is 0.494. The first-order chi connectivity index (χ1) is 14.2. The van der Waals surface area contributed by atoms with Gasteiger partial charge in [0.25, 0.3) is 0 Å². The molecule has 3 N–H and O–H groups in total. The number of phenolic OH excluding ortho intramolecular Hbond substituents is 1. The fourth-order valence-electron chi connectivity index (χ4n) is 4.41. The number of para-hydroxylation sites is 2. The van der Waals surface area contributed by atoms with Gasteiger partial charge in [-0.05, 0) is 47.7 Å². The molecule has 4 nitrogen and oxygen atoms in total. The van der Waals surface area contributed by atoms with Crippen LogP contribution in [0.1, 0.15) is 35.9 Å². The lowest BCUT2D eigenvalue weighted by Gasteiger charge is -2.30. The predicted octanol–water partition coefficient (Wildman–Crippen LogP) is 5.37. The predicted molar refractivity (Wildman–Crippen MR) is 115 cm³/mol. The lowest BCUT2D eigenvalue weighted by Crippen LogP contribution is -2.26. The molecule has 29 heavy (non-hydrogen) atoms. The normalized spacial score (nSPS) is 20.8. The van der Waals surface area contributed by atoms with Gasteiger partial charge in [-0.2, -0.15) is 0 Å². The number of hydrogen-bond donors (Lipinski definition) is 3. The monoisotopic (exact) mass is 382 g/mol. The van der Waals surface area contributed by atoms with Crippen molar-refractivity contribution in [3.05, 3.63) is 101 Å². The van der Waals surface area contributed by atoms with Gasteiger partial charge in [-0.25, -0.2) is 0 Å². The summed E-state index contributed by atoms with van der Waals surface area (Å²) < 4.78 is 0. The molecule has 144 valence electrons. The summed E-state index contributed by atoms with van der Waals surface area (Å²) in [6.07, 6.45) is 1.26. The van der Waals surface area contributed by atoms with Crippen LogP contribution in [0.5, 0.6) is 5.75 Å². The van der Waals surface area contributed by atoms with E-state index in [1.54, 1.807) is 12.1 Å². The molecule has 1 aliphatic carbocycles. The topological polar surface area (TPSA) is 61.4 Å². The molecule has 0 radical (unpaired) electrons. The molecule has 1 aliphatic heterocycles. The number of hydrogen-bond acceptors (Lipinski definition) is 4. The van der Waals surface area contributed by atoms with Gasteiger partial charge in [-0.3, -0.25) is 4.79 Å². The van der Waals surface area contributed by atoms with Crippen LogP contribution in [-0.2, 0) is 4.79 Å². The van der Waals surface area contributed by atoms with Crippen LogP contribution in [0.25, 0.3) is 0 Å². The zero-order valence-electron chi connectivity index (χ0n) is 15.9. The van der Waals surface area contributed by atoms with Gasteiger partial charge in [0.2, 0.25) is 0 Å². The fraction of sp³-hybridized carbons (Fsp3) is 0.160. The first-order valence-electron chi connectivity index (χ1n) is 9.92. The van der Waals surface area contributed by atoms with E-state index in [4.69, 9.17) is 0 Å². The van der Waals surface area contributed by atoms with Crippen molar-refractivity contribution < 1.29 is 9.90 Å². The van der Waals surface area contributed by atoms with Gasteiger partial charge in [0.05, 0.1) is 17.4 Å². The largest absolute Gasteiger partial charge is 0.508 e. The first kappa shape index (κ1) is 17.6. The second-order valence-electron chi connectivity index (χ2n) is 7.67. The van der Waals surface area contributed by atoms with Gasteiger partial charge in [0.15, 0.2) is 5.78 Å². The molecule has 0 saturated carbocycles. The lowest BCUT2D eigenvalue weighted by atomic mass is 9.78. The molecule has 4 heteroatoms. The third kappa shape index (κ3) is 3.27. The molecule has 2 atom stereocenters. The molecule has 0 fully saturated rings. The van der Waals surface area contributed by atoms with E-state index in [2.05, 4.69) is 22.8 Å². The maximum Gasteiger partial charge on any atom is 0.163 e. The highest BCUT2D eigenvalue weighted by Gasteiger charge is 2.36. The maximum absolute atomic E-state index is 13.4. The molecule has 0 aromatic heterocycles. The molecule has 3 aromatic carbocycles. The van der Waals surface area contributed by atoms with Gasteiger partial charge in [0, 0.05) is 17.7 Å². The van der Waals surface area contributed by atoms with Gasteiger partial charge >= 0.3 is 0 Å². The molecule has 3 aromatic rings. The van der Waals surface area contributed by atoms with E-state index in [1.807, 2.05) is 54.6 Å². The summed E-state index contributed by atoms with van der Waals surface area (Å²) >= 11 is 0. The minimum Gasteiger partial charge on any atom is -0.508 e. The lowest BCUT2D eigenvalue weighted by molar-refractivity contribution is -0.116. The van der Waals surface area contributed by atoms with E-state index in [0.29, 0.717) is 6.42 Å². The van der Waals surface area contributed by atoms with Crippen LogP contribution in [0.4, 0.5) is 11.4 Å². The van der Waals surface area contributed by atoms with Gasteiger partial charge in [0.1, 0.15) is 5.75 Å². The van der Waals surface area contributed by atoms with Crippen molar-refractivity contribution in [2.75, 3.05) is 10.6 Å². The Hall–Kier alpha value is -3.53. The highest BCUT2D eigenvalue weighted by molar-refractivity contribution is 6.01. The quantitative estimate of drug-likeness (QED) is 0.557. The van der Waals surface area contributed by atoms with Crippen molar-refractivity contribution >= 4 is 17.2 Å². The number of benzene rings is 3. The minimum absolute atomic E-state index is 0.140. The Bertz CT molecular complexity index is 1100. The summed E-state index contributed by atoms with van der Waals surface area (Å²) in [7, 11) is 0. The summed E-state index contributed by atoms with van der Waals surface area (Å²) in [6, 6.07) is 25.1. The van der Waals surface area contributed by atoms with E-state index in [9.17, 15) is 9.90 Å². The molecule has 2 unspecified atom stereocenters. The molecule has 5 rings (SSSR count). The zero-order valence-corrected chi connectivity index (χ0v) is 15.9. The Morgan fingerprint density at radius 1 is 0.793 bits per heavy atom. The SMILES string of the molecule is O=C1CC(c2ccccc2)CC2=C1C(c1cccc(O)c1)Nc1ccccc1N2. The van der Waals surface area contributed by atoms with E-state index in [0.717, 1.165) is 34.6 Å². The van der Waals surface area contributed by atoms with Gasteiger partial charge in [-0.1, -0.05) is 54.6 Å². The fourth-order valence-corrected chi connectivity index (χ4v) is 4.41. The highest BCUT2D eigenvalue weighted by Crippen LogP contribution is 2.44. The summed E-state index contributed by atoms with van der Waals surface area (Å²) in [5.41, 5.74) is 5.69. The van der Waals surface area contributed by atoms with Crippen LogP contribution in [0, 0.1) is 0 Å². The summed E-state index contributed by atoms with van der Waals surface area (Å²) in [5, 5.41) is 17.1. The average molecular weight is 382 g/mol. The van der Waals surface area contributed by atoms with Crippen molar-refractivity contribution in [1.29, 1.82) is 0 Å².